The lowest BCUT2D eigenvalue weighted by atomic mass is 10.5. The SMILES string of the molecule is C=C[Si](OCC)(OCC)OCC.CC(C)O. The molecule has 5 heteroatoms. The van der Waals surface area contributed by atoms with E-state index in [1.165, 1.54) is 0 Å². The topological polar surface area (TPSA) is 47.9 Å². The van der Waals surface area contributed by atoms with Crippen LogP contribution in [0.1, 0.15) is 34.6 Å². The molecule has 0 radical (unpaired) electrons. The molecule has 0 rings (SSSR count). The van der Waals surface area contributed by atoms with Crippen LogP contribution in [0, 0.1) is 0 Å². The van der Waals surface area contributed by atoms with Gasteiger partial charge in [0, 0.05) is 25.9 Å². The quantitative estimate of drug-likeness (QED) is 0.703. The van der Waals surface area contributed by atoms with Crippen LogP contribution >= 0.6 is 0 Å². The number of aliphatic hydroxyl groups is 1. The summed E-state index contributed by atoms with van der Waals surface area (Å²) in [5, 5.41) is 8.06. The van der Waals surface area contributed by atoms with E-state index in [9.17, 15) is 0 Å². The molecule has 0 bridgehead atoms. The van der Waals surface area contributed by atoms with Crippen LogP contribution in [0.2, 0.25) is 0 Å². The Morgan fingerprint density at radius 3 is 1.44 bits per heavy atom. The second-order valence-corrected chi connectivity index (χ2v) is 5.68. The molecule has 0 aromatic carbocycles. The van der Waals surface area contributed by atoms with Crippen molar-refractivity contribution in [3.05, 3.63) is 12.3 Å². The number of hydrogen-bond donors (Lipinski definition) is 1. The summed E-state index contributed by atoms with van der Waals surface area (Å²) in [6.07, 6.45) is -0.167. The first-order valence-corrected chi connectivity index (χ1v) is 7.51. The van der Waals surface area contributed by atoms with Crippen molar-refractivity contribution in [3.63, 3.8) is 0 Å². The van der Waals surface area contributed by atoms with Crippen LogP contribution in [-0.4, -0.2) is 39.8 Å². The van der Waals surface area contributed by atoms with E-state index >= 15 is 0 Å². The average Bonchev–Trinajstić information content (AvgIpc) is 2.18. The Hall–Kier alpha value is -0.203. The van der Waals surface area contributed by atoms with Gasteiger partial charge in [-0.15, -0.1) is 0 Å². The van der Waals surface area contributed by atoms with E-state index in [1.807, 2.05) is 20.8 Å². The van der Waals surface area contributed by atoms with Gasteiger partial charge in [0.25, 0.3) is 0 Å². The zero-order valence-corrected chi connectivity index (χ0v) is 12.2. The summed E-state index contributed by atoms with van der Waals surface area (Å²) >= 11 is 0. The highest BCUT2D eigenvalue weighted by molar-refractivity contribution is 6.66. The van der Waals surface area contributed by atoms with Crippen molar-refractivity contribution in [2.45, 2.75) is 40.7 Å². The zero-order valence-electron chi connectivity index (χ0n) is 11.2. The third-order valence-corrected chi connectivity index (χ3v) is 3.86. The van der Waals surface area contributed by atoms with Crippen molar-refractivity contribution in [3.8, 4) is 0 Å². The lowest BCUT2D eigenvalue weighted by Gasteiger charge is -2.24. The fraction of sp³-hybridized carbons (Fsp3) is 0.818. The Labute approximate surface area is 101 Å². The predicted octanol–water partition coefficient (Wildman–Crippen LogP) is 2.15. The summed E-state index contributed by atoms with van der Waals surface area (Å²) in [5.41, 5.74) is 1.67. The number of rotatable bonds is 7. The maximum atomic E-state index is 8.06. The van der Waals surface area contributed by atoms with E-state index in [1.54, 1.807) is 19.5 Å². The molecule has 4 nitrogen and oxygen atoms in total. The molecule has 0 saturated carbocycles. The molecule has 98 valence electrons. The minimum Gasteiger partial charge on any atom is -0.394 e. The molecule has 0 aromatic heterocycles. The molecule has 0 saturated heterocycles. The molecule has 16 heavy (non-hydrogen) atoms. The van der Waals surface area contributed by atoms with Crippen LogP contribution in [0.4, 0.5) is 0 Å². The van der Waals surface area contributed by atoms with Crippen molar-refractivity contribution in [1.82, 2.24) is 0 Å². The summed E-state index contributed by atoms with van der Waals surface area (Å²) in [6.45, 7) is 14.7. The van der Waals surface area contributed by atoms with Crippen molar-refractivity contribution in [2.75, 3.05) is 19.8 Å². The summed E-state index contributed by atoms with van der Waals surface area (Å²) in [5.74, 6) is 0. The number of hydrogen-bond acceptors (Lipinski definition) is 4. The molecule has 0 aliphatic rings. The third kappa shape index (κ3) is 10.3. The maximum absolute atomic E-state index is 8.06. The van der Waals surface area contributed by atoms with Gasteiger partial charge in [0.15, 0.2) is 0 Å². The molecule has 0 unspecified atom stereocenters. The largest absolute Gasteiger partial charge is 0.528 e. The van der Waals surface area contributed by atoms with Crippen LogP contribution in [0.5, 0.6) is 0 Å². The Balaban J connectivity index is 0. The summed E-state index contributed by atoms with van der Waals surface area (Å²) < 4.78 is 16.3. The Kier molecular flexibility index (Phi) is 12.8. The first kappa shape index (κ1) is 18.2. The molecular weight excluding hydrogens is 224 g/mol. The molecule has 0 amide bonds. The van der Waals surface area contributed by atoms with E-state index in [2.05, 4.69) is 6.58 Å². The normalized spacial score (nSPS) is 10.9. The van der Waals surface area contributed by atoms with Gasteiger partial charge in [-0.05, 0) is 40.3 Å². The van der Waals surface area contributed by atoms with Crippen LogP contribution in [-0.2, 0) is 13.3 Å². The van der Waals surface area contributed by atoms with Crippen LogP contribution < -0.4 is 0 Å². The second kappa shape index (κ2) is 11.3. The Bertz CT molecular complexity index is 142. The highest BCUT2D eigenvalue weighted by Crippen LogP contribution is 2.10. The highest BCUT2D eigenvalue weighted by atomic mass is 28.4. The van der Waals surface area contributed by atoms with Gasteiger partial charge in [0.05, 0.1) is 0 Å². The van der Waals surface area contributed by atoms with E-state index in [-0.39, 0.29) is 6.10 Å². The van der Waals surface area contributed by atoms with E-state index in [0.717, 1.165) is 0 Å². The minimum absolute atomic E-state index is 0.167. The molecule has 0 fully saturated rings. The van der Waals surface area contributed by atoms with Crippen molar-refractivity contribution in [2.24, 2.45) is 0 Å². The van der Waals surface area contributed by atoms with E-state index < -0.39 is 8.80 Å². The Morgan fingerprint density at radius 1 is 1.06 bits per heavy atom. The van der Waals surface area contributed by atoms with E-state index in [0.29, 0.717) is 19.8 Å². The molecule has 0 aliphatic heterocycles. The first-order valence-electron chi connectivity index (χ1n) is 5.71. The second-order valence-electron chi connectivity index (χ2n) is 3.20. The van der Waals surface area contributed by atoms with Crippen LogP contribution in [0.15, 0.2) is 12.3 Å². The fourth-order valence-corrected chi connectivity index (χ4v) is 2.72. The minimum atomic E-state index is -2.51. The molecule has 0 aromatic rings. The maximum Gasteiger partial charge on any atom is 0.528 e. The zero-order chi connectivity index (χ0) is 13.0. The monoisotopic (exact) mass is 250 g/mol. The van der Waals surface area contributed by atoms with Gasteiger partial charge < -0.3 is 18.4 Å². The van der Waals surface area contributed by atoms with Gasteiger partial charge in [0.2, 0.25) is 0 Å². The molecule has 0 aliphatic carbocycles. The number of aliphatic hydroxyl groups excluding tert-OH is 1. The van der Waals surface area contributed by atoms with Gasteiger partial charge in [-0.1, -0.05) is 6.58 Å². The van der Waals surface area contributed by atoms with E-state index in [4.69, 9.17) is 18.4 Å². The lowest BCUT2D eigenvalue weighted by Crippen LogP contribution is -2.44. The average molecular weight is 250 g/mol. The van der Waals surface area contributed by atoms with Crippen molar-refractivity contribution in [1.29, 1.82) is 0 Å². The van der Waals surface area contributed by atoms with Crippen LogP contribution in [0.25, 0.3) is 0 Å². The van der Waals surface area contributed by atoms with Crippen LogP contribution in [0.3, 0.4) is 0 Å². The summed E-state index contributed by atoms with van der Waals surface area (Å²) in [7, 11) is -2.51. The van der Waals surface area contributed by atoms with Crippen molar-refractivity contribution < 1.29 is 18.4 Å². The smallest absolute Gasteiger partial charge is 0.394 e. The molecule has 1 N–H and O–H groups in total. The molecule has 0 heterocycles. The standard InChI is InChI=1S/C8H18O3Si.C3H8O/c1-5-9-12(8-4,10-6-2)11-7-3;1-3(2)4/h8H,4-7H2,1-3H3;3-4H,1-2H3. The van der Waals surface area contributed by atoms with Gasteiger partial charge >= 0.3 is 8.80 Å². The van der Waals surface area contributed by atoms with Gasteiger partial charge in [-0.3, -0.25) is 0 Å². The summed E-state index contributed by atoms with van der Waals surface area (Å²) in [4.78, 5) is 0. The highest BCUT2D eigenvalue weighted by Gasteiger charge is 2.36. The first-order chi connectivity index (χ1) is 7.47. The molecule has 0 atom stereocenters. The van der Waals surface area contributed by atoms with Crippen molar-refractivity contribution >= 4 is 8.80 Å². The third-order valence-electron chi connectivity index (χ3n) is 1.29. The van der Waals surface area contributed by atoms with Gasteiger partial charge in [-0.25, -0.2) is 0 Å². The summed E-state index contributed by atoms with van der Waals surface area (Å²) in [6, 6.07) is 0. The fourth-order valence-electron chi connectivity index (χ4n) is 0.905. The van der Waals surface area contributed by atoms with Gasteiger partial charge in [-0.2, -0.15) is 0 Å². The Morgan fingerprint density at radius 2 is 1.31 bits per heavy atom. The molecule has 0 spiro atoms. The predicted molar refractivity (Wildman–Crippen MR) is 68.2 cm³/mol. The lowest BCUT2D eigenvalue weighted by molar-refractivity contribution is 0.0844. The molecular formula is C11H26O4Si. The van der Waals surface area contributed by atoms with Gasteiger partial charge in [0.1, 0.15) is 0 Å².